The van der Waals surface area contributed by atoms with Crippen molar-refractivity contribution in [2.45, 2.75) is 26.4 Å². The van der Waals surface area contributed by atoms with E-state index in [0.29, 0.717) is 12.6 Å². The van der Waals surface area contributed by atoms with Gasteiger partial charge in [-0.3, -0.25) is 0 Å². The van der Waals surface area contributed by atoms with E-state index in [9.17, 15) is 0 Å². The second kappa shape index (κ2) is 4.60. The molecule has 12 heavy (non-hydrogen) atoms. The first-order chi connectivity index (χ1) is 5.74. The van der Waals surface area contributed by atoms with Crippen molar-refractivity contribution in [3.05, 3.63) is 21.9 Å². The van der Waals surface area contributed by atoms with Crippen molar-refractivity contribution in [2.75, 3.05) is 6.54 Å². The van der Waals surface area contributed by atoms with E-state index in [1.54, 1.807) is 11.3 Å². The van der Waals surface area contributed by atoms with Crippen LogP contribution < -0.4 is 11.1 Å². The highest BCUT2D eigenvalue weighted by Gasteiger charge is 2.01. The van der Waals surface area contributed by atoms with Gasteiger partial charge in [-0.2, -0.15) is 0 Å². The summed E-state index contributed by atoms with van der Waals surface area (Å²) in [5.41, 5.74) is 6.86. The summed E-state index contributed by atoms with van der Waals surface area (Å²) >= 11 is 1.80. The van der Waals surface area contributed by atoms with E-state index >= 15 is 0 Å². The highest BCUT2D eigenvalue weighted by atomic mass is 32.1. The predicted octanol–water partition coefficient (Wildman–Crippen LogP) is 1.49. The Morgan fingerprint density at radius 1 is 1.67 bits per heavy atom. The molecule has 0 aromatic carbocycles. The SMILES string of the molecule is Cc1ccsc1CN[C@@H](C)CN. The van der Waals surface area contributed by atoms with Crippen LogP contribution >= 0.6 is 11.3 Å². The first kappa shape index (κ1) is 9.71. The number of aryl methyl sites for hydroxylation is 1. The highest BCUT2D eigenvalue weighted by molar-refractivity contribution is 7.10. The molecule has 0 saturated heterocycles. The molecule has 1 aromatic heterocycles. The number of thiophene rings is 1. The maximum Gasteiger partial charge on any atom is 0.0305 e. The Morgan fingerprint density at radius 2 is 2.42 bits per heavy atom. The van der Waals surface area contributed by atoms with Crippen LogP contribution in [0.5, 0.6) is 0 Å². The van der Waals surface area contributed by atoms with Crippen LogP contribution in [0.3, 0.4) is 0 Å². The van der Waals surface area contributed by atoms with Crippen LogP contribution in [0.25, 0.3) is 0 Å². The fourth-order valence-electron chi connectivity index (χ4n) is 0.935. The lowest BCUT2D eigenvalue weighted by molar-refractivity contribution is 0.559. The first-order valence-electron chi connectivity index (χ1n) is 4.20. The molecule has 1 heterocycles. The summed E-state index contributed by atoms with van der Waals surface area (Å²) in [5.74, 6) is 0. The van der Waals surface area contributed by atoms with Gasteiger partial charge in [0.15, 0.2) is 0 Å². The first-order valence-corrected chi connectivity index (χ1v) is 5.08. The lowest BCUT2D eigenvalue weighted by Gasteiger charge is -2.10. The molecular weight excluding hydrogens is 168 g/mol. The van der Waals surface area contributed by atoms with Crippen LogP contribution in [0.1, 0.15) is 17.4 Å². The van der Waals surface area contributed by atoms with Crippen LogP contribution in [-0.2, 0) is 6.54 Å². The standard InChI is InChI=1S/C9H16N2S/c1-7-3-4-12-9(7)6-11-8(2)5-10/h3-4,8,11H,5-6,10H2,1-2H3/t8-/m0/s1. The summed E-state index contributed by atoms with van der Waals surface area (Å²) in [7, 11) is 0. The van der Waals surface area contributed by atoms with Crippen molar-refractivity contribution in [1.29, 1.82) is 0 Å². The molecule has 3 N–H and O–H groups in total. The molecule has 1 rings (SSSR count). The topological polar surface area (TPSA) is 38.0 Å². The summed E-state index contributed by atoms with van der Waals surface area (Å²) in [5, 5.41) is 5.49. The molecule has 3 heteroatoms. The Labute approximate surface area is 77.8 Å². The minimum absolute atomic E-state index is 0.409. The monoisotopic (exact) mass is 184 g/mol. The lowest BCUT2D eigenvalue weighted by Crippen LogP contribution is -2.32. The van der Waals surface area contributed by atoms with Crippen LogP contribution in [-0.4, -0.2) is 12.6 Å². The Morgan fingerprint density at radius 3 is 2.92 bits per heavy atom. The van der Waals surface area contributed by atoms with Gasteiger partial charge in [0.2, 0.25) is 0 Å². The predicted molar refractivity (Wildman–Crippen MR) is 54.4 cm³/mol. The van der Waals surface area contributed by atoms with Gasteiger partial charge in [0, 0.05) is 24.0 Å². The Hall–Kier alpha value is -0.380. The Kier molecular flexibility index (Phi) is 3.72. The van der Waals surface area contributed by atoms with E-state index in [2.05, 4.69) is 30.6 Å². The van der Waals surface area contributed by atoms with Gasteiger partial charge < -0.3 is 11.1 Å². The molecule has 0 spiro atoms. The molecule has 0 aliphatic heterocycles. The largest absolute Gasteiger partial charge is 0.329 e. The molecule has 0 amide bonds. The van der Waals surface area contributed by atoms with Crippen molar-refractivity contribution in [1.82, 2.24) is 5.32 Å². The van der Waals surface area contributed by atoms with E-state index in [1.165, 1.54) is 10.4 Å². The minimum atomic E-state index is 0.409. The molecule has 68 valence electrons. The fraction of sp³-hybridized carbons (Fsp3) is 0.556. The van der Waals surface area contributed by atoms with E-state index in [4.69, 9.17) is 5.73 Å². The average molecular weight is 184 g/mol. The molecule has 0 fully saturated rings. The van der Waals surface area contributed by atoms with Gasteiger partial charge in [0.05, 0.1) is 0 Å². The van der Waals surface area contributed by atoms with Gasteiger partial charge in [0.25, 0.3) is 0 Å². The van der Waals surface area contributed by atoms with Crippen molar-refractivity contribution >= 4 is 11.3 Å². The summed E-state index contributed by atoms with van der Waals surface area (Å²) in [6, 6.07) is 2.56. The molecular formula is C9H16N2S. The highest BCUT2D eigenvalue weighted by Crippen LogP contribution is 2.14. The Bertz CT molecular complexity index is 232. The molecule has 1 aromatic rings. The fourth-order valence-corrected chi connectivity index (χ4v) is 1.79. The molecule has 1 atom stereocenters. The van der Waals surface area contributed by atoms with E-state index in [0.717, 1.165) is 6.54 Å². The van der Waals surface area contributed by atoms with Gasteiger partial charge in [0.1, 0.15) is 0 Å². The molecule has 0 aliphatic rings. The summed E-state index contributed by atoms with van der Waals surface area (Å²) in [6.07, 6.45) is 0. The van der Waals surface area contributed by atoms with Crippen LogP contribution in [0, 0.1) is 6.92 Å². The maximum absolute atomic E-state index is 5.49. The lowest BCUT2D eigenvalue weighted by atomic mass is 10.2. The quantitative estimate of drug-likeness (QED) is 0.744. The zero-order valence-corrected chi connectivity index (χ0v) is 8.45. The number of rotatable bonds is 4. The average Bonchev–Trinajstić information content (AvgIpc) is 2.47. The number of nitrogens with two attached hydrogens (primary N) is 1. The smallest absolute Gasteiger partial charge is 0.0305 e. The van der Waals surface area contributed by atoms with Crippen LogP contribution in [0.4, 0.5) is 0 Å². The minimum Gasteiger partial charge on any atom is -0.329 e. The van der Waals surface area contributed by atoms with Crippen molar-refractivity contribution in [3.8, 4) is 0 Å². The van der Waals surface area contributed by atoms with Gasteiger partial charge in [-0.15, -0.1) is 11.3 Å². The van der Waals surface area contributed by atoms with Crippen molar-refractivity contribution < 1.29 is 0 Å². The van der Waals surface area contributed by atoms with E-state index in [1.807, 2.05) is 0 Å². The van der Waals surface area contributed by atoms with Crippen LogP contribution in [0.15, 0.2) is 11.4 Å². The Balaban J connectivity index is 2.38. The van der Waals surface area contributed by atoms with E-state index in [-0.39, 0.29) is 0 Å². The van der Waals surface area contributed by atoms with Crippen LogP contribution in [0.2, 0.25) is 0 Å². The summed E-state index contributed by atoms with van der Waals surface area (Å²) < 4.78 is 0. The molecule has 0 aliphatic carbocycles. The number of hydrogen-bond donors (Lipinski definition) is 2. The van der Waals surface area contributed by atoms with E-state index < -0.39 is 0 Å². The summed E-state index contributed by atoms with van der Waals surface area (Å²) in [6.45, 7) is 5.88. The van der Waals surface area contributed by atoms with Crippen molar-refractivity contribution in [2.24, 2.45) is 5.73 Å². The molecule has 2 nitrogen and oxygen atoms in total. The maximum atomic E-state index is 5.49. The number of hydrogen-bond acceptors (Lipinski definition) is 3. The molecule has 0 radical (unpaired) electrons. The molecule has 0 unspecified atom stereocenters. The van der Waals surface area contributed by atoms with Crippen molar-refractivity contribution in [3.63, 3.8) is 0 Å². The third-order valence-corrected chi connectivity index (χ3v) is 2.96. The third kappa shape index (κ3) is 2.59. The van der Waals surface area contributed by atoms with Gasteiger partial charge >= 0.3 is 0 Å². The normalized spacial score (nSPS) is 13.2. The third-order valence-electron chi connectivity index (χ3n) is 1.93. The zero-order chi connectivity index (χ0) is 8.97. The van der Waals surface area contributed by atoms with Gasteiger partial charge in [-0.25, -0.2) is 0 Å². The second-order valence-corrected chi connectivity index (χ2v) is 4.05. The van der Waals surface area contributed by atoms with Gasteiger partial charge in [-0.05, 0) is 30.9 Å². The molecule has 0 saturated carbocycles. The number of nitrogens with one attached hydrogen (secondary N) is 1. The van der Waals surface area contributed by atoms with Gasteiger partial charge in [-0.1, -0.05) is 0 Å². The molecule has 0 bridgehead atoms. The summed E-state index contributed by atoms with van der Waals surface area (Å²) in [4.78, 5) is 1.41. The zero-order valence-electron chi connectivity index (χ0n) is 7.63. The second-order valence-electron chi connectivity index (χ2n) is 3.04.